The molecule has 168 valence electrons. The Balaban J connectivity index is 1.50. The number of benzene rings is 1. The molecule has 3 N–H and O–H groups in total. The molecule has 33 heavy (non-hydrogen) atoms. The van der Waals surface area contributed by atoms with E-state index in [4.69, 9.17) is 10.8 Å². The zero-order valence-corrected chi connectivity index (χ0v) is 19.0. The van der Waals surface area contributed by atoms with Crippen LogP contribution in [0.1, 0.15) is 29.3 Å². The first-order valence-corrected chi connectivity index (χ1v) is 11.9. The van der Waals surface area contributed by atoms with Gasteiger partial charge in [0.25, 0.3) is 0 Å². The lowest BCUT2D eigenvalue weighted by atomic mass is 10.1. The molecule has 3 aromatic heterocycles. The van der Waals surface area contributed by atoms with E-state index in [1.165, 1.54) is 6.33 Å². The number of hydrogen-bond donors (Lipinski definition) is 2. The van der Waals surface area contributed by atoms with E-state index in [2.05, 4.69) is 52.3 Å². The number of fused-ring (bicyclic) bond motifs is 1. The molecule has 1 unspecified atom stereocenters. The third-order valence-electron chi connectivity index (χ3n) is 6.01. The van der Waals surface area contributed by atoms with E-state index in [1.54, 1.807) is 17.4 Å². The molecule has 1 aliphatic rings. The first kappa shape index (κ1) is 21.5. The lowest BCUT2D eigenvalue weighted by Crippen LogP contribution is -2.42. The Hall–Kier alpha value is -3.33. The molecule has 4 aromatic rings. The van der Waals surface area contributed by atoms with E-state index < -0.39 is 6.23 Å². The van der Waals surface area contributed by atoms with Crippen molar-refractivity contribution in [2.24, 2.45) is 0 Å². The summed E-state index contributed by atoms with van der Waals surface area (Å²) in [5.41, 5.74) is 9.97. The van der Waals surface area contributed by atoms with Gasteiger partial charge in [-0.15, -0.1) is 11.3 Å². The predicted molar refractivity (Wildman–Crippen MR) is 134 cm³/mol. The highest BCUT2D eigenvalue weighted by Crippen LogP contribution is 2.36. The highest BCUT2D eigenvalue weighted by atomic mass is 32.1. The van der Waals surface area contributed by atoms with Crippen molar-refractivity contribution in [3.63, 3.8) is 0 Å². The van der Waals surface area contributed by atoms with Gasteiger partial charge in [-0.1, -0.05) is 43.0 Å². The summed E-state index contributed by atoms with van der Waals surface area (Å²) in [7, 11) is 0. The van der Waals surface area contributed by atoms with E-state index in [0.29, 0.717) is 12.4 Å². The van der Waals surface area contributed by atoms with Crippen molar-refractivity contribution in [1.29, 1.82) is 0 Å². The van der Waals surface area contributed by atoms with Gasteiger partial charge in [0.1, 0.15) is 24.1 Å². The third kappa shape index (κ3) is 4.32. The molecule has 1 saturated heterocycles. The Morgan fingerprint density at radius 2 is 2.06 bits per heavy atom. The van der Waals surface area contributed by atoms with Crippen LogP contribution in [-0.4, -0.2) is 49.1 Å². The molecule has 0 amide bonds. The summed E-state index contributed by atoms with van der Waals surface area (Å²) in [4.78, 5) is 11.9. The monoisotopic (exact) mass is 458 g/mol. The first-order valence-electron chi connectivity index (χ1n) is 11.0. The van der Waals surface area contributed by atoms with E-state index in [0.717, 1.165) is 52.1 Å². The van der Waals surface area contributed by atoms with Crippen LogP contribution in [0.3, 0.4) is 0 Å². The summed E-state index contributed by atoms with van der Waals surface area (Å²) in [6, 6.07) is 12.4. The Morgan fingerprint density at radius 1 is 1.21 bits per heavy atom. The van der Waals surface area contributed by atoms with Crippen molar-refractivity contribution in [2.45, 2.75) is 25.1 Å². The van der Waals surface area contributed by atoms with E-state index in [9.17, 15) is 5.11 Å². The van der Waals surface area contributed by atoms with Gasteiger partial charge in [0.05, 0.1) is 11.4 Å². The minimum atomic E-state index is -0.662. The van der Waals surface area contributed by atoms with Gasteiger partial charge in [-0.2, -0.15) is 5.10 Å². The number of nitrogen functional groups attached to an aromatic ring is 1. The van der Waals surface area contributed by atoms with Crippen molar-refractivity contribution in [2.75, 3.05) is 18.8 Å². The van der Waals surface area contributed by atoms with Crippen LogP contribution in [0, 0.1) is 0 Å². The van der Waals surface area contributed by atoms with Crippen LogP contribution in [-0.2, 0) is 0 Å². The van der Waals surface area contributed by atoms with Crippen molar-refractivity contribution in [1.82, 2.24) is 24.6 Å². The van der Waals surface area contributed by atoms with Gasteiger partial charge >= 0.3 is 0 Å². The Bertz CT molecular complexity index is 1290. The number of hydrogen-bond acceptors (Lipinski definition) is 7. The molecule has 0 aliphatic carbocycles. The van der Waals surface area contributed by atoms with E-state index in [-0.39, 0.29) is 6.04 Å². The number of aromatic nitrogens is 4. The topological polar surface area (TPSA) is 93.1 Å². The second-order valence-electron chi connectivity index (χ2n) is 8.17. The van der Waals surface area contributed by atoms with Gasteiger partial charge in [-0.25, -0.2) is 14.6 Å². The molecular formula is C25H26N6OS. The molecule has 1 fully saturated rings. The van der Waals surface area contributed by atoms with E-state index >= 15 is 0 Å². The maximum absolute atomic E-state index is 10.3. The minimum Gasteiger partial charge on any atom is -0.383 e. The van der Waals surface area contributed by atoms with Crippen LogP contribution in [0.15, 0.2) is 60.8 Å². The summed E-state index contributed by atoms with van der Waals surface area (Å²) in [5, 5.41) is 18.1. The minimum absolute atomic E-state index is 0.0787. The van der Waals surface area contributed by atoms with Gasteiger partial charge < -0.3 is 10.8 Å². The van der Waals surface area contributed by atoms with Gasteiger partial charge in [0, 0.05) is 28.9 Å². The number of thiophene rings is 1. The fourth-order valence-corrected chi connectivity index (χ4v) is 5.12. The SMILES string of the molecule is C=CC(O)N1CCC[C@@H](n2nc(-c3csc(/C=C/c4ccccc4)c3)c3c(N)ncnc32)C1. The van der Waals surface area contributed by atoms with Crippen LogP contribution in [0.4, 0.5) is 5.82 Å². The molecule has 1 aromatic carbocycles. The largest absolute Gasteiger partial charge is 0.383 e. The Morgan fingerprint density at radius 3 is 2.88 bits per heavy atom. The lowest BCUT2D eigenvalue weighted by Gasteiger charge is -2.34. The molecule has 0 spiro atoms. The van der Waals surface area contributed by atoms with Gasteiger partial charge in [-0.3, -0.25) is 4.90 Å². The first-order chi connectivity index (χ1) is 16.1. The number of nitrogens with two attached hydrogens (primary N) is 1. The molecular weight excluding hydrogens is 432 g/mol. The van der Waals surface area contributed by atoms with Crippen LogP contribution in [0.5, 0.6) is 0 Å². The Kier molecular flexibility index (Phi) is 6.04. The predicted octanol–water partition coefficient (Wildman–Crippen LogP) is 4.45. The van der Waals surface area contributed by atoms with Crippen molar-refractivity contribution in [3.05, 3.63) is 71.2 Å². The summed E-state index contributed by atoms with van der Waals surface area (Å²) in [6.07, 6.45) is 8.51. The van der Waals surface area contributed by atoms with Gasteiger partial charge in [-0.05, 0) is 36.6 Å². The number of likely N-dealkylation sites (tertiary alicyclic amines) is 1. The number of anilines is 1. The number of piperidine rings is 1. The van der Waals surface area contributed by atoms with Crippen molar-refractivity contribution >= 4 is 40.3 Å². The van der Waals surface area contributed by atoms with Crippen LogP contribution in [0.2, 0.25) is 0 Å². The number of aliphatic hydroxyl groups excluding tert-OH is 1. The summed E-state index contributed by atoms with van der Waals surface area (Å²) in [5.74, 6) is 0.424. The van der Waals surface area contributed by atoms with Crippen molar-refractivity contribution < 1.29 is 5.11 Å². The molecule has 8 heteroatoms. The summed E-state index contributed by atoms with van der Waals surface area (Å²) < 4.78 is 1.96. The third-order valence-corrected chi connectivity index (χ3v) is 6.91. The fourth-order valence-electron chi connectivity index (χ4n) is 4.33. The molecule has 7 nitrogen and oxygen atoms in total. The highest BCUT2D eigenvalue weighted by Gasteiger charge is 2.28. The summed E-state index contributed by atoms with van der Waals surface area (Å²) in [6.45, 7) is 5.22. The van der Waals surface area contributed by atoms with Crippen LogP contribution >= 0.6 is 11.3 Å². The standard InChI is InChI=1S/C25H26N6OS/c1-2-21(32)30-12-6-9-19(14-30)31-25-22(24(26)27-16-28-25)23(29-31)18-13-20(33-15-18)11-10-17-7-4-3-5-8-17/h2-5,7-8,10-11,13,15-16,19,21,32H,1,6,9,12,14H2,(H2,26,27,28)/b11-10+/t19-,21?/m1/s1. The Labute approximate surface area is 196 Å². The molecule has 4 heterocycles. The number of aliphatic hydroxyl groups is 1. The van der Waals surface area contributed by atoms with Gasteiger partial charge in [0.15, 0.2) is 5.65 Å². The average molecular weight is 459 g/mol. The second kappa shape index (κ2) is 9.27. The molecule has 0 radical (unpaired) electrons. The molecule has 5 rings (SSSR count). The smallest absolute Gasteiger partial charge is 0.164 e. The highest BCUT2D eigenvalue weighted by molar-refractivity contribution is 7.11. The van der Waals surface area contributed by atoms with Crippen LogP contribution < -0.4 is 5.73 Å². The van der Waals surface area contributed by atoms with E-state index in [1.807, 2.05) is 27.8 Å². The lowest BCUT2D eigenvalue weighted by molar-refractivity contribution is 0.0127. The zero-order valence-electron chi connectivity index (χ0n) is 18.2. The zero-order chi connectivity index (χ0) is 22.8. The van der Waals surface area contributed by atoms with Gasteiger partial charge in [0.2, 0.25) is 0 Å². The quantitative estimate of drug-likeness (QED) is 0.415. The normalized spacial score (nSPS) is 18.2. The second-order valence-corrected chi connectivity index (χ2v) is 9.12. The number of rotatable bonds is 6. The average Bonchev–Trinajstić information content (AvgIpc) is 3.48. The molecule has 1 aliphatic heterocycles. The summed E-state index contributed by atoms with van der Waals surface area (Å²) >= 11 is 1.66. The molecule has 0 bridgehead atoms. The molecule has 2 atom stereocenters. The number of nitrogens with zero attached hydrogens (tertiary/aromatic N) is 5. The maximum Gasteiger partial charge on any atom is 0.164 e. The fraction of sp³-hybridized carbons (Fsp3) is 0.240. The molecule has 0 saturated carbocycles. The maximum atomic E-state index is 10.3. The van der Waals surface area contributed by atoms with Crippen LogP contribution in [0.25, 0.3) is 34.4 Å². The van der Waals surface area contributed by atoms with Crippen molar-refractivity contribution in [3.8, 4) is 11.3 Å².